The zero-order valence-electron chi connectivity index (χ0n) is 10.1. The number of aromatic nitrogens is 2. The number of benzene rings is 1. The van der Waals surface area contributed by atoms with Gasteiger partial charge >= 0.3 is 0 Å². The largest absolute Gasteiger partial charge is 0.377 e. The van der Waals surface area contributed by atoms with Crippen LogP contribution in [0.1, 0.15) is 23.7 Å². The van der Waals surface area contributed by atoms with Gasteiger partial charge in [0.15, 0.2) is 0 Å². The summed E-state index contributed by atoms with van der Waals surface area (Å²) < 4.78 is 5.30. The Hall–Kier alpha value is -1.52. The standard InChI is InChI=1S/C13H15ClN2O2/c1-2-18-8-11-12(15-16-13(11)17)7-9-3-5-10(14)6-4-9/h3-6H,2,7-8H2,1H3,(H2,15,16,17). The van der Waals surface area contributed by atoms with Crippen LogP contribution in [0.4, 0.5) is 0 Å². The summed E-state index contributed by atoms with van der Waals surface area (Å²) in [6.45, 7) is 2.82. The van der Waals surface area contributed by atoms with Gasteiger partial charge in [-0.3, -0.25) is 9.89 Å². The maximum atomic E-state index is 11.6. The van der Waals surface area contributed by atoms with Gasteiger partial charge in [0.25, 0.3) is 5.56 Å². The fourth-order valence-corrected chi connectivity index (χ4v) is 1.86. The number of ether oxygens (including phenoxy) is 1. The Morgan fingerprint density at radius 2 is 1.94 bits per heavy atom. The highest BCUT2D eigenvalue weighted by molar-refractivity contribution is 6.30. The van der Waals surface area contributed by atoms with Crippen molar-refractivity contribution in [3.63, 3.8) is 0 Å². The van der Waals surface area contributed by atoms with Crippen LogP contribution < -0.4 is 5.56 Å². The van der Waals surface area contributed by atoms with Crippen molar-refractivity contribution in [2.24, 2.45) is 0 Å². The van der Waals surface area contributed by atoms with Crippen molar-refractivity contribution in [2.75, 3.05) is 6.61 Å². The Bertz CT molecular complexity index is 557. The first-order valence-electron chi connectivity index (χ1n) is 5.81. The van der Waals surface area contributed by atoms with Gasteiger partial charge in [-0.2, -0.15) is 0 Å². The summed E-state index contributed by atoms with van der Waals surface area (Å²) in [5.41, 5.74) is 2.49. The number of halogens is 1. The topological polar surface area (TPSA) is 57.9 Å². The summed E-state index contributed by atoms with van der Waals surface area (Å²) >= 11 is 5.83. The highest BCUT2D eigenvalue weighted by atomic mass is 35.5. The van der Waals surface area contributed by atoms with E-state index in [1.54, 1.807) is 0 Å². The van der Waals surface area contributed by atoms with Crippen molar-refractivity contribution in [1.29, 1.82) is 0 Å². The van der Waals surface area contributed by atoms with Crippen molar-refractivity contribution >= 4 is 11.6 Å². The molecule has 0 radical (unpaired) electrons. The predicted octanol–water partition coefficient (Wildman–Crippen LogP) is 2.48. The van der Waals surface area contributed by atoms with Gasteiger partial charge in [-0.15, -0.1) is 0 Å². The summed E-state index contributed by atoms with van der Waals surface area (Å²) in [6.07, 6.45) is 0.651. The Morgan fingerprint density at radius 3 is 2.61 bits per heavy atom. The Balaban J connectivity index is 2.18. The molecule has 18 heavy (non-hydrogen) atoms. The third-order valence-corrected chi connectivity index (χ3v) is 2.96. The van der Waals surface area contributed by atoms with Crippen molar-refractivity contribution in [2.45, 2.75) is 20.0 Å². The highest BCUT2D eigenvalue weighted by Gasteiger charge is 2.10. The van der Waals surface area contributed by atoms with Gasteiger partial charge < -0.3 is 9.84 Å². The first-order chi connectivity index (χ1) is 8.70. The Labute approximate surface area is 110 Å². The molecule has 0 fully saturated rings. The van der Waals surface area contributed by atoms with E-state index >= 15 is 0 Å². The van der Waals surface area contributed by atoms with Gasteiger partial charge in [-0.25, -0.2) is 0 Å². The lowest BCUT2D eigenvalue weighted by atomic mass is 10.1. The molecule has 0 atom stereocenters. The van der Waals surface area contributed by atoms with E-state index in [9.17, 15) is 4.79 Å². The molecule has 0 aliphatic heterocycles. The van der Waals surface area contributed by atoms with Crippen LogP contribution in [0.25, 0.3) is 0 Å². The summed E-state index contributed by atoms with van der Waals surface area (Å²) in [4.78, 5) is 11.6. The second-order valence-corrected chi connectivity index (χ2v) is 4.41. The van der Waals surface area contributed by atoms with Crippen LogP contribution in [0, 0.1) is 0 Å². The fraction of sp³-hybridized carbons (Fsp3) is 0.308. The van der Waals surface area contributed by atoms with E-state index in [2.05, 4.69) is 10.2 Å². The number of hydrogen-bond donors (Lipinski definition) is 2. The molecule has 0 aliphatic carbocycles. The molecule has 96 valence electrons. The third-order valence-electron chi connectivity index (χ3n) is 2.71. The molecule has 1 aromatic carbocycles. The first-order valence-corrected chi connectivity index (χ1v) is 6.19. The fourth-order valence-electron chi connectivity index (χ4n) is 1.73. The van der Waals surface area contributed by atoms with Crippen LogP contribution in [0.2, 0.25) is 5.02 Å². The van der Waals surface area contributed by atoms with Crippen LogP contribution in [-0.4, -0.2) is 16.8 Å². The van der Waals surface area contributed by atoms with Crippen LogP contribution in [0.5, 0.6) is 0 Å². The maximum absolute atomic E-state index is 11.6. The maximum Gasteiger partial charge on any atom is 0.269 e. The van der Waals surface area contributed by atoms with Crippen molar-refractivity contribution in [3.05, 3.63) is 56.5 Å². The summed E-state index contributed by atoms with van der Waals surface area (Å²) in [6, 6.07) is 7.56. The molecule has 2 aromatic rings. The van der Waals surface area contributed by atoms with E-state index in [0.717, 1.165) is 11.3 Å². The van der Waals surface area contributed by atoms with Crippen LogP contribution in [-0.2, 0) is 17.8 Å². The molecular weight excluding hydrogens is 252 g/mol. The lowest BCUT2D eigenvalue weighted by molar-refractivity contribution is 0.133. The van der Waals surface area contributed by atoms with Gasteiger partial charge in [-0.1, -0.05) is 23.7 Å². The summed E-state index contributed by atoms with van der Waals surface area (Å²) in [7, 11) is 0. The lowest BCUT2D eigenvalue weighted by Gasteiger charge is -2.03. The number of hydrogen-bond acceptors (Lipinski definition) is 2. The van der Waals surface area contributed by atoms with Crippen LogP contribution in [0.15, 0.2) is 29.1 Å². The normalized spacial score (nSPS) is 10.8. The second kappa shape index (κ2) is 5.89. The van der Waals surface area contributed by atoms with Crippen LogP contribution >= 0.6 is 11.6 Å². The SMILES string of the molecule is CCOCc1c(Cc2ccc(Cl)cc2)[nH][nH]c1=O. The summed E-state index contributed by atoms with van der Waals surface area (Å²) in [5.74, 6) is 0. The zero-order valence-corrected chi connectivity index (χ0v) is 10.9. The smallest absolute Gasteiger partial charge is 0.269 e. The number of aromatic amines is 2. The molecule has 2 N–H and O–H groups in total. The minimum atomic E-state index is -0.118. The average molecular weight is 267 g/mol. The van der Waals surface area contributed by atoms with E-state index in [1.807, 2.05) is 31.2 Å². The Morgan fingerprint density at radius 1 is 1.22 bits per heavy atom. The molecule has 0 saturated carbocycles. The first kappa shape index (κ1) is 12.9. The third kappa shape index (κ3) is 3.03. The predicted molar refractivity (Wildman–Crippen MR) is 71.0 cm³/mol. The number of H-pyrrole nitrogens is 2. The molecule has 0 amide bonds. The molecule has 0 spiro atoms. The van der Waals surface area contributed by atoms with E-state index in [0.29, 0.717) is 30.2 Å². The van der Waals surface area contributed by atoms with E-state index < -0.39 is 0 Å². The van der Waals surface area contributed by atoms with Gasteiger partial charge in [-0.05, 0) is 24.6 Å². The van der Waals surface area contributed by atoms with Gasteiger partial charge in [0.2, 0.25) is 0 Å². The van der Waals surface area contributed by atoms with Crippen molar-refractivity contribution in [3.8, 4) is 0 Å². The Kier molecular flexibility index (Phi) is 4.23. The quantitative estimate of drug-likeness (QED) is 0.874. The molecule has 1 aromatic heterocycles. The lowest BCUT2D eigenvalue weighted by Crippen LogP contribution is -2.09. The van der Waals surface area contributed by atoms with Gasteiger partial charge in [0.05, 0.1) is 12.2 Å². The minimum absolute atomic E-state index is 0.118. The molecule has 0 aliphatic rings. The molecule has 2 rings (SSSR count). The highest BCUT2D eigenvalue weighted by Crippen LogP contribution is 2.14. The van der Waals surface area contributed by atoms with E-state index in [-0.39, 0.29) is 5.56 Å². The molecule has 1 heterocycles. The van der Waals surface area contributed by atoms with E-state index in [4.69, 9.17) is 16.3 Å². The average Bonchev–Trinajstić information content (AvgIpc) is 2.71. The molecular formula is C13H15ClN2O2. The molecule has 0 saturated heterocycles. The number of rotatable bonds is 5. The van der Waals surface area contributed by atoms with Crippen LogP contribution in [0.3, 0.4) is 0 Å². The second-order valence-electron chi connectivity index (χ2n) is 3.98. The summed E-state index contributed by atoms with van der Waals surface area (Å²) in [5, 5.41) is 6.19. The van der Waals surface area contributed by atoms with Gasteiger partial charge in [0.1, 0.15) is 0 Å². The molecule has 0 unspecified atom stereocenters. The zero-order chi connectivity index (χ0) is 13.0. The monoisotopic (exact) mass is 266 g/mol. The number of nitrogens with one attached hydrogen (secondary N) is 2. The van der Waals surface area contributed by atoms with Crippen molar-refractivity contribution < 1.29 is 4.74 Å². The minimum Gasteiger partial charge on any atom is -0.377 e. The molecule has 0 bridgehead atoms. The molecule has 4 nitrogen and oxygen atoms in total. The molecule has 5 heteroatoms. The van der Waals surface area contributed by atoms with Gasteiger partial charge in [0, 0.05) is 23.7 Å². The van der Waals surface area contributed by atoms with E-state index in [1.165, 1.54) is 0 Å². The van der Waals surface area contributed by atoms with Crippen molar-refractivity contribution in [1.82, 2.24) is 10.2 Å².